The maximum Gasteiger partial charge on any atom is 0.0449 e. The highest BCUT2D eigenvalue weighted by Crippen LogP contribution is 2.23. The number of nitrogens with two attached hydrogens (primary N) is 1. The molecule has 0 unspecified atom stereocenters. The Morgan fingerprint density at radius 2 is 2.45 bits per heavy atom. The van der Waals surface area contributed by atoms with Crippen LogP contribution in [0.3, 0.4) is 0 Å². The largest absolute Gasteiger partial charge is 0.396 e. The maximum atomic E-state index is 8.65. The lowest BCUT2D eigenvalue weighted by Gasteiger charge is -2.07. The minimum Gasteiger partial charge on any atom is -0.396 e. The third-order valence-electron chi connectivity index (χ3n) is 1.68. The van der Waals surface area contributed by atoms with E-state index in [2.05, 4.69) is 6.07 Å². The summed E-state index contributed by atoms with van der Waals surface area (Å²) in [4.78, 5) is 1.19. The van der Waals surface area contributed by atoms with E-state index in [1.165, 1.54) is 10.4 Å². The van der Waals surface area contributed by atoms with Crippen LogP contribution >= 0.6 is 11.3 Å². The highest BCUT2D eigenvalue weighted by Gasteiger charge is 2.08. The first-order valence-electron chi connectivity index (χ1n) is 3.66. The van der Waals surface area contributed by atoms with Gasteiger partial charge in [0.05, 0.1) is 0 Å². The fraction of sp³-hybridized carbons (Fsp3) is 0.500. The van der Waals surface area contributed by atoms with Gasteiger partial charge in [-0.1, -0.05) is 0 Å². The molecule has 1 rings (SSSR count). The molecular formula is C8H13NOS. The van der Waals surface area contributed by atoms with E-state index < -0.39 is 0 Å². The predicted molar refractivity (Wildman–Crippen MR) is 47.7 cm³/mol. The number of aliphatic hydroxyl groups excluding tert-OH is 1. The van der Waals surface area contributed by atoms with Gasteiger partial charge in [-0.3, -0.25) is 0 Å². The van der Waals surface area contributed by atoms with Crippen molar-refractivity contribution in [3.63, 3.8) is 0 Å². The highest BCUT2D eigenvalue weighted by molar-refractivity contribution is 7.10. The smallest absolute Gasteiger partial charge is 0.0449 e. The number of aliphatic hydroxyl groups is 1. The van der Waals surface area contributed by atoms with Crippen LogP contribution < -0.4 is 5.73 Å². The summed E-state index contributed by atoms with van der Waals surface area (Å²) in [6.07, 6.45) is 0.654. The summed E-state index contributed by atoms with van der Waals surface area (Å²) >= 11 is 1.66. The third kappa shape index (κ3) is 2.02. The molecule has 0 saturated carbocycles. The van der Waals surface area contributed by atoms with Gasteiger partial charge in [-0.25, -0.2) is 0 Å². The van der Waals surface area contributed by atoms with Crippen molar-refractivity contribution < 1.29 is 5.11 Å². The first kappa shape index (κ1) is 8.71. The Hall–Kier alpha value is -0.380. The topological polar surface area (TPSA) is 46.2 Å². The first-order valence-corrected chi connectivity index (χ1v) is 4.54. The second-order valence-corrected chi connectivity index (χ2v) is 3.53. The van der Waals surface area contributed by atoms with Gasteiger partial charge >= 0.3 is 0 Å². The Morgan fingerprint density at radius 1 is 1.73 bits per heavy atom. The molecule has 1 heterocycles. The Bertz CT molecular complexity index is 222. The summed E-state index contributed by atoms with van der Waals surface area (Å²) < 4.78 is 0. The molecule has 3 heteroatoms. The van der Waals surface area contributed by atoms with Crippen molar-refractivity contribution in [3.8, 4) is 0 Å². The van der Waals surface area contributed by atoms with Gasteiger partial charge in [-0.15, -0.1) is 11.3 Å². The zero-order chi connectivity index (χ0) is 8.27. The van der Waals surface area contributed by atoms with Crippen LogP contribution in [-0.4, -0.2) is 11.7 Å². The van der Waals surface area contributed by atoms with Crippen LogP contribution in [0.2, 0.25) is 0 Å². The number of hydrogen-bond donors (Lipinski definition) is 2. The molecule has 0 saturated heterocycles. The van der Waals surface area contributed by atoms with Gasteiger partial charge in [0.25, 0.3) is 0 Å². The van der Waals surface area contributed by atoms with Crippen LogP contribution in [0.4, 0.5) is 0 Å². The average Bonchev–Trinajstić information content (AvgIpc) is 2.36. The van der Waals surface area contributed by atoms with Crippen LogP contribution in [-0.2, 0) is 0 Å². The minimum absolute atomic E-state index is 0.0139. The van der Waals surface area contributed by atoms with E-state index in [0.29, 0.717) is 6.42 Å². The fourth-order valence-corrected chi connectivity index (χ4v) is 2.00. The van der Waals surface area contributed by atoms with Gasteiger partial charge in [-0.2, -0.15) is 0 Å². The van der Waals surface area contributed by atoms with E-state index in [-0.39, 0.29) is 12.6 Å². The molecule has 0 aromatic carbocycles. The van der Waals surface area contributed by atoms with Gasteiger partial charge in [0.15, 0.2) is 0 Å². The summed E-state index contributed by atoms with van der Waals surface area (Å²) in [5, 5.41) is 10.7. The normalized spacial score (nSPS) is 13.4. The van der Waals surface area contributed by atoms with Gasteiger partial charge in [-0.05, 0) is 30.4 Å². The molecule has 0 aliphatic carbocycles. The van der Waals surface area contributed by atoms with Gasteiger partial charge < -0.3 is 10.8 Å². The van der Waals surface area contributed by atoms with E-state index in [9.17, 15) is 0 Å². The Morgan fingerprint density at radius 3 is 2.91 bits per heavy atom. The van der Waals surface area contributed by atoms with Crippen molar-refractivity contribution in [2.24, 2.45) is 5.73 Å². The Kier molecular flexibility index (Phi) is 3.05. The van der Waals surface area contributed by atoms with Crippen molar-refractivity contribution in [1.29, 1.82) is 0 Å². The van der Waals surface area contributed by atoms with Gasteiger partial charge in [0.1, 0.15) is 0 Å². The molecule has 3 N–H and O–H groups in total. The zero-order valence-corrected chi connectivity index (χ0v) is 7.40. The van der Waals surface area contributed by atoms with Gasteiger partial charge in [0.2, 0.25) is 0 Å². The molecule has 1 aromatic heterocycles. The van der Waals surface area contributed by atoms with Crippen LogP contribution in [0.25, 0.3) is 0 Å². The summed E-state index contributed by atoms with van der Waals surface area (Å²) in [6, 6.07) is 2.07. The zero-order valence-electron chi connectivity index (χ0n) is 6.58. The summed E-state index contributed by atoms with van der Waals surface area (Å²) in [7, 11) is 0. The quantitative estimate of drug-likeness (QED) is 0.723. The molecule has 0 amide bonds. The number of rotatable bonds is 3. The van der Waals surface area contributed by atoms with E-state index in [0.717, 1.165) is 0 Å². The highest BCUT2D eigenvalue weighted by atomic mass is 32.1. The summed E-state index contributed by atoms with van der Waals surface area (Å²) in [6.45, 7) is 2.21. The monoisotopic (exact) mass is 171 g/mol. The SMILES string of the molecule is Cc1ccsc1[C@@H](N)CCO. The summed E-state index contributed by atoms with van der Waals surface area (Å²) in [5.41, 5.74) is 7.03. The molecule has 0 fully saturated rings. The van der Waals surface area contributed by atoms with E-state index in [1.807, 2.05) is 12.3 Å². The predicted octanol–water partition coefficient (Wildman–Crippen LogP) is 1.44. The van der Waals surface area contributed by atoms with Crippen LogP contribution in [0.5, 0.6) is 0 Å². The average molecular weight is 171 g/mol. The number of hydrogen-bond acceptors (Lipinski definition) is 3. The first-order chi connectivity index (χ1) is 5.25. The van der Waals surface area contributed by atoms with E-state index in [4.69, 9.17) is 10.8 Å². The molecule has 11 heavy (non-hydrogen) atoms. The van der Waals surface area contributed by atoms with Crippen molar-refractivity contribution >= 4 is 11.3 Å². The lowest BCUT2D eigenvalue weighted by Crippen LogP contribution is -2.11. The minimum atomic E-state index is 0.0139. The number of thiophene rings is 1. The molecule has 0 bridgehead atoms. The molecule has 0 radical (unpaired) electrons. The van der Waals surface area contributed by atoms with E-state index in [1.54, 1.807) is 11.3 Å². The maximum absolute atomic E-state index is 8.65. The van der Waals surface area contributed by atoms with Crippen LogP contribution in [0.15, 0.2) is 11.4 Å². The number of aryl methyl sites for hydroxylation is 1. The second-order valence-electron chi connectivity index (χ2n) is 2.59. The van der Waals surface area contributed by atoms with Crippen LogP contribution in [0, 0.1) is 6.92 Å². The van der Waals surface area contributed by atoms with Crippen molar-refractivity contribution in [2.75, 3.05) is 6.61 Å². The standard InChI is InChI=1S/C8H13NOS/c1-6-3-5-11-8(6)7(9)2-4-10/h3,5,7,10H,2,4,9H2,1H3/t7-/m0/s1. The lowest BCUT2D eigenvalue weighted by molar-refractivity contribution is 0.277. The summed E-state index contributed by atoms with van der Waals surface area (Å²) in [5.74, 6) is 0. The third-order valence-corrected chi connectivity index (χ3v) is 2.83. The fourth-order valence-electron chi connectivity index (χ4n) is 1.03. The molecule has 0 aliphatic rings. The Labute approximate surface area is 70.7 Å². The molecule has 0 aliphatic heterocycles. The molecule has 1 atom stereocenters. The molecule has 0 spiro atoms. The Balaban J connectivity index is 2.67. The lowest BCUT2D eigenvalue weighted by atomic mass is 10.1. The van der Waals surface area contributed by atoms with Gasteiger partial charge in [0, 0.05) is 17.5 Å². The van der Waals surface area contributed by atoms with Crippen molar-refractivity contribution in [1.82, 2.24) is 0 Å². The van der Waals surface area contributed by atoms with E-state index >= 15 is 0 Å². The second kappa shape index (κ2) is 3.85. The van der Waals surface area contributed by atoms with Crippen LogP contribution in [0.1, 0.15) is 22.9 Å². The molecule has 2 nitrogen and oxygen atoms in total. The van der Waals surface area contributed by atoms with Crippen molar-refractivity contribution in [2.45, 2.75) is 19.4 Å². The van der Waals surface area contributed by atoms with Crippen molar-refractivity contribution in [3.05, 3.63) is 21.9 Å². The molecule has 62 valence electrons. The molecule has 1 aromatic rings. The molecular weight excluding hydrogens is 158 g/mol.